The molecule has 17 heteroatoms. The highest BCUT2D eigenvalue weighted by atomic mass is 80.0. The van der Waals surface area contributed by atoms with Gasteiger partial charge in [-0.25, -0.2) is 0 Å². The maximum Gasteiger partial charge on any atom is 0.460 e. The predicted molar refractivity (Wildman–Crippen MR) is 72.7 cm³/mol. The van der Waals surface area contributed by atoms with Crippen molar-refractivity contribution >= 4 is 49.8 Å². The van der Waals surface area contributed by atoms with Gasteiger partial charge in [0.2, 0.25) is 0 Å². The Balaban J connectivity index is 6.03. The summed E-state index contributed by atoms with van der Waals surface area (Å²) in [6.07, 6.45) is -9.62. The van der Waals surface area contributed by atoms with Gasteiger partial charge in [-0.05, 0) is 6.04 Å². The Morgan fingerprint density at radius 2 is 0.840 bits per heavy atom. The van der Waals surface area contributed by atoms with Gasteiger partial charge in [-0.1, -0.05) is 45.9 Å². The molecule has 0 saturated heterocycles. The number of hydrogen-bond donors (Lipinski definition) is 0. The first-order valence-corrected chi connectivity index (χ1v) is 14.5. The van der Waals surface area contributed by atoms with Gasteiger partial charge in [0.15, 0.2) is 0 Å². The minimum absolute atomic E-state index is 1.05. The van der Waals surface area contributed by atoms with Crippen molar-refractivity contribution in [1.29, 1.82) is 0 Å². The highest BCUT2D eigenvalue weighted by Gasteiger charge is 2.90. The molecule has 0 unspecified atom stereocenters. The van der Waals surface area contributed by atoms with Gasteiger partial charge in [-0.3, -0.25) is 0 Å². The molecule has 0 aromatic heterocycles. The molecule has 0 aliphatic carbocycles. The molecule has 0 spiro atoms. The molecule has 0 radical (unpaired) electrons. The molecule has 0 aromatic carbocycles. The summed E-state index contributed by atoms with van der Waals surface area (Å²) in [5.41, 5.74) is 0. The summed E-state index contributed by atoms with van der Waals surface area (Å²) >= 11 is 7.91. The molecule has 0 amide bonds. The Hall–Kier alpha value is 0.747. The second-order valence-electron chi connectivity index (χ2n) is 4.61. The van der Waals surface area contributed by atoms with Crippen LogP contribution in [0.5, 0.6) is 0 Å². The first-order chi connectivity index (χ1) is 10.5. The molecule has 0 saturated carbocycles. The van der Waals surface area contributed by atoms with Gasteiger partial charge in [0.05, 0.1) is 0 Å². The molecular weight excluding hydrogens is 611 g/mol. The van der Waals surface area contributed by atoms with Crippen LogP contribution in [0.25, 0.3) is 0 Å². The van der Waals surface area contributed by atoms with Crippen LogP contribution in [0.1, 0.15) is 6.42 Å². The van der Waals surface area contributed by atoms with Crippen molar-refractivity contribution in [2.24, 2.45) is 0 Å². The monoisotopic (exact) mass is 612 g/mol. The van der Waals surface area contributed by atoms with Crippen LogP contribution in [0.3, 0.4) is 0 Å². The first-order valence-electron chi connectivity index (χ1n) is 5.48. The minimum Gasteiger partial charge on any atom is -0.200 e. The Bertz CT molecular complexity index is 481. The van der Waals surface area contributed by atoms with Crippen LogP contribution in [0.4, 0.5) is 57.1 Å². The lowest BCUT2D eigenvalue weighted by atomic mass is 9.93. The second-order valence-corrected chi connectivity index (χ2v) is 28.1. The molecule has 0 bridgehead atoms. The zero-order valence-corrected chi connectivity index (χ0v) is 16.7. The summed E-state index contributed by atoms with van der Waals surface area (Å²) in [4.78, 5) is 0. The lowest BCUT2D eigenvalue weighted by Gasteiger charge is -2.39. The van der Waals surface area contributed by atoms with E-state index < -0.39 is 52.2 Å². The van der Waals surface area contributed by atoms with Gasteiger partial charge >= 0.3 is 35.8 Å². The molecule has 0 heterocycles. The zero-order chi connectivity index (χ0) is 20.9. The van der Waals surface area contributed by atoms with Gasteiger partial charge in [-0.2, -0.15) is 57.1 Å². The summed E-state index contributed by atoms with van der Waals surface area (Å²) in [5.74, 6) is -36.5. The van der Waals surface area contributed by atoms with Gasteiger partial charge in [0, 0.05) is 6.42 Å². The average molecular weight is 615 g/mol. The largest absolute Gasteiger partial charge is 0.460 e. The summed E-state index contributed by atoms with van der Waals surface area (Å²) in [6, 6.07) is -1.05. The van der Waals surface area contributed by atoms with Gasteiger partial charge in [0.25, 0.3) is 3.93 Å². The van der Waals surface area contributed by atoms with Crippen LogP contribution in [-0.2, 0) is 0 Å². The number of rotatable bonds is 7. The smallest absolute Gasteiger partial charge is 0.200 e. The maximum absolute atomic E-state index is 13.3. The predicted octanol–water partition coefficient (Wildman–Crippen LogP) is 7.24. The molecule has 0 fully saturated rings. The minimum atomic E-state index is -7.85. The Morgan fingerprint density at radius 3 is 1.12 bits per heavy atom. The average Bonchev–Trinajstić information content (AvgIpc) is 2.33. The molecule has 0 aromatic rings. The summed E-state index contributed by atoms with van der Waals surface area (Å²) in [6.45, 7) is 0. The van der Waals surface area contributed by atoms with Crippen LogP contribution >= 0.6 is 45.9 Å². The van der Waals surface area contributed by atoms with E-state index in [1.807, 2.05) is 0 Å². The maximum atomic E-state index is 13.3. The van der Waals surface area contributed by atoms with E-state index in [2.05, 4.69) is 45.9 Å². The fourth-order valence-corrected chi connectivity index (χ4v) is 3.64. The third kappa shape index (κ3) is 4.60. The van der Waals surface area contributed by atoms with Crippen molar-refractivity contribution < 1.29 is 57.1 Å². The van der Waals surface area contributed by atoms with E-state index in [-0.39, 0.29) is 0 Å². The quantitative estimate of drug-likeness (QED) is 0.161. The van der Waals surface area contributed by atoms with Crippen LogP contribution in [0.2, 0.25) is 6.04 Å². The van der Waals surface area contributed by atoms with E-state index in [0.717, 1.165) is 0 Å². The van der Waals surface area contributed by atoms with Crippen LogP contribution in [0, 0.1) is 0 Å². The molecule has 0 N–H and O–H groups in total. The molecule has 0 atom stereocenters. The normalized spacial score (nSPS) is 16.3. The third-order valence-electron chi connectivity index (χ3n) is 2.72. The molecule has 0 nitrogen and oxygen atoms in total. The Labute approximate surface area is 155 Å². The van der Waals surface area contributed by atoms with Gasteiger partial charge in [-0.15, -0.1) is 0 Å². The third-order valence-corrected chi connectivity index (χ3v) is 7.11. The lowest BCUT2D eigenvalue weighted by Crippen LogP contribution is -2.70. The molecule has 0 aliphatic heterocycles. The van der Waals surface area contributed by atoms with Crippen molar-refractivity contribution in [2.75, 3.05) is 0 Å². The number of alkyl halides is 13. The highest BCUT2D eigenvalue weighted by Crippen LogP contribution is 2.61. The van der Waals surface area contributed by atoms with Crippen LogP contribution in [-0.4, -0.2) is 39.7 Å². The first kappa shape index (κ1) is 25.7. The number of halogens is 16. The molecule has 0 rings (SSSR count). The van der Waals surface area contributed by atoms with Gasteiger partial charge in [0.1, 0.15) is 0 Å². The van der Waals surface area contributed by atoms with E-state index in [1.54, 1.807) is 0 Å². The topological polar surface area (TPSA) is 0 Å². The van der Waals surface area contributed by atoms with Crippen molar-refractivity contribution in [1.82, 2.24) is 0 Å². The highest BCUT2D eigenvalue weighted by molar-refractivity contribution is 9.72. The van der Waals surface area contributed by atoms with Gasteiger partial charge < -0.3 is 0 Å². The van der Waals surface area contributed by atoms with E-state index >= 15 is 0 Å². The molecule has 0 aliphatic rings. The molecule has 152 valence electrons. The summed E-state index contributed by atoms with van der Waals surface area (Å²) in [7, 11) is 0. The molecule has 25 heavy (non-hydrogen) atoms. The van der Waals surface area contributed by atoms with Crippen molar-refractivity contribution in [3.05, 3.63) is 0 Å². The van der Waals surface area contributed by atoms with Crippen molar-refractivity contribution in [2.45, 2.75) is 48.3 Å². The number of hydrogen-bond acceptors (Lipinski definition) is 0. The van der Waals surface area contributed by atoms with E-state index in [9.17, 15) is 57.1 Å². The summed E-state index contributed by atoms with van der Waals surface area (Å²) in [5, 5.41) is 0. The van der Waals surface area contributed by atoms with Crippen molar-refractivity contribution in [3.63, 3.8) is 0 Å². The van der Waals surface area contributed by atoms with Crippen LogP contribution in [0.15, 0.2) is 0 Å². The van der Waals surface area contributed by atoms with Crippen molar-refractivity contribution in [3.8, 4) is 0 Å². The fraction of sp³-hybridized carbons (Fsp3) is 1.00. The Morgan fingerprint density at radius 1 is 0.520 bits per heavy atom. The Kier molecular flexibility index (Phi) is 7.18. The van der Waals surface area contributed by atoms with E-state index in [4.69, 9.17) is 0 Å². The second kappa shape index (κ2) is 6.97. The summed E-state index contributed by atoms with van der Waals surface area (Å²) < 4.78 is 163. The van der Waals surface area contributed by atoms with Crippen LogP contribution < -0.4 is 0 Å². The zero-order valence-electron chi connectivity index (χ0n) is 11.0. The van der Waals surface area contributed by atoms with E-state index in [1.165, 1.54) is 0 Å². The standard InChI is InChI=1S/C8H4Br3F13Si/c9-25(10,11)2-1-3(12,13)4(14,15)5(16,17)6(18,19)7(20,21)8(22,23)24/h1-2H2. The van der Waals surface area contributed by atoms with E-state index in [0.29, 0.717) is 0 Å². The molecular formula is C8H4Br3F13Si. The lowest BCUT2D eigenvalue weighted by molar-refractivity contribution is -0.439. The SMILES string of the molecule is FC(F)(F)C(F)(F)C(F)(F)C(F)(F)C(F)(F)C(F)(F)CC[Si](Br)(Br)Br. The fourth-order valence-electron chi connectivity index (χ4n) is 1.26.